The summed E-state index contributed by atoms with van der Waals surface area (Å²) in [6.07, 6.45) is 1.15. The fourth-order valence-corrected chi connectivity index (χ4v) is 1.95. The Kier molecular flexibility index (Phi) is 3.13. The molecule has 0 saturated carbocycles. The summed E-state index contributed by atoms with van der Waals surface area (Å²) in [4.78, 5) is 11.0. The van der Waals surface area contributed by atoms with Crippen LogP contribution in [0, 0.1) is 0 Å². The number of hydrogen-bond acceptors (Lipinski definition) is 1. The lowest BCUT2D eigenvalue weighted by molar-refractivity contribution is 0.247. The molecule has 0 aromatic heterocycles. The molecule has 0 radical (unpaired) electrons. The molecule has 2 rings (SSSR count). The molecule has 3 heteroatoms. The van der Waals surface area contributed by atoms with Gasteiger partial charge in [0, 0.05) is 6.54 Å². The maximum Gasteiger partial charge on any atom is 0.315 e. The number of carbonyl (C=O) groups is 1. The summed E-state index contributed by atoms with van der Waals surface area (Å²) < 4.78 is 0. The van der Waals surface area contributed by atoms with Gasteiger partial charge in [0.1, 0.15) is 0 Å². The van der Waals surface area contributed by atoms with Crippen LogP contribution in [0.4, 0.5) is 4.79 Å². The van der Waals surface area contributed by atoms with Crippen LogP contribution in [0.25, 0.3) is 0 Å². The molecule has 1 heterocycles. The van der Waals surface area contributed by atoms with E-state index in [1.165, 1.54) is 11.1 Å². The molecule has 2 unspecified atom stereocenters. The quantitative estimate of drug-likeness (QED) is 0.804. The summed E-state index contributed by atoms with van der Waals surface area (Å²) in [5.74, 6) is 0.602. The number of urea groups is 1. The Morgan fingerprint density at radius 3 is 2.56 bits per heavy atom. The van der Waals surface area contributed by atoms with Crippen molar-refractivity contribution in [2.75, 3.05) is 6.54 Å². The third-order valence-electron chi connectivity index (χ3n) is 3.29. The smallest absolute Gasteiger partial charge is 0.315 e. The Hall–Kier alpha value is -1.51. The van der Waals surface area contributed by atoms with Crippen molar-refractivity contribution in [3.63, 3.8) is 0 Å². The predicted octanol–water partition coefficient (Wildman–Crippen LogP) is 2.55. The molecule has 86 valence electrons. The van der Waals surface area contributed by atoms with Gasteiger partial charge in [-0.25, -0.2) is 4.79 Å². The third kappa shape index (κ3) is 2.18. The van der Waals surface area contributed by atoms with E-state index in [1.807, 2.05) is 0 Å². The lowest BCUT2D eigenvalue weighted by Gasteiger charge is -2.12. The number of benzene rings is 1. The van der Waals surface area contributed by atoms with Crippen molar-refractivity contribution in [2.45, 2.75) is 32.2 Å². The van der Waals surface area contributed by atoms with E-state index in [-0.39, 0.29) is 12.1 Å². The minimum Gasteiger partial charge on any atom is -0.336 e. The van der Waals surface area contributed by atoms with Crippen LogP contribution >= 0.6 is 0 Å². The van der Waals surface area contributed by atoms with Crippen molar-refractivity contribution < 1.29 is 4.79 Å². The van der Waals surface area contributed by atoms with E-state index in [4.69, 9.17) is 0 Å². The molecule has 1 aliphatic rings. The van der Waals surface area contributed by atoms with Crippen LogP contribution in [0.5, 0.6) is 0 Å². The van der Waals surface area contributed by atoms with Crippen LogP contribution in [0.3, 0.4) is 0 Å². The molecule has 1 fully saturated rings. The Bertz CT molecular complexity index is 372. The summed E-state index contributed by atoms with van der Waals surface area (Å²) in [6, 6.07) is 8.59. The molecule has 16 heavy (non-hydrogen) atoms. The maximum atomic E-state index is 11.0. The average molecular weight is 218 g/mol. The van der Waals surface area contributed by atoms with Crippen molar-refractivity contribution in [3.05, 3.63) is 35.4 Å². The largest absolute Gasteiger partial charge is 0.336 e. The van der Waals surface area contributed by atoms with Gasteiger partial charge in [0.25, 0.3) is 0 Å². The highest BCUT2D eigenvalue weighted by Crippen LogP contribution is 2.22. The number of carbonyl (C=O) groups excluding carboxylic acids is 1. The van der Waals surface area contributed by atoms with Crippen LogP contribution in [0.1, 0.15) is 43.4 Å². The highest BCUT2D eigenvalue weighted by atomic mass is 16.2. The maximum absolute atomic E-state index is 11.0. The zero-order chi connectivity index (χ0) is 11.5. The van der Waals surface area contributed by atoms with Gasteiger partial charge in [0.05, 0.1) is 6.04 Å². The van der Waals surface area contributed by atoms with Crippen LogP contribution in [0.15, 0.2) is 24.3 Å². The fraction of sp³-hybridized carbons (Fsp3) is 0.462. The summed E-state index contributed by atoms with van der Waals surface area (Å²) in [7, 11) is 0. The van der Waals surface area contributed by atoms with Gasteiger partial charge in [-0.1, -0.05) is 38.1 Å². The zero-order valence-corrected chi connectivity index (χ0v) is 9.79. The van der Waals surface area contributed by atoms with E-state index in [0.717, 1.165) is 6.42 Å². The van der Waals surface area contributed by atoms with Crippen LogP contribution in [-0.4, -0.2) is 12.6 Å². The van der Waals surface area contributed by atoms with E-state index in [1.54, 1.807) is 0 Å². The molecule has 2 atom stereocenters. The molecule has 2 amide bonds. The first-order chi connectivity index (χ1) is 7.70. The minimum atomic E-state index is -0.0731. The summed E-state index contributed by atoms with van der Waals surface area (Å²) in [5, 5.41) is 5.65. The highest BCUT2D eigenvalue weighted by Gasteiger charge is 2.21. The van der Waals surface area contributed by atoms with Crippen molar-refractivity contribution >= 4 is 6.03 Å². The lowest BCUT2D eigenvalue weighted by atomic mass is 9.96. The first kappa shape index (κ1) is 11.0. The van der Waals surface area contributed by atoms with Gasteiger partial charge in [0.15, 0.2) is 0 Å². The average Bonchev–Trinajstić information content (AvgIpc) is 2.75. The van der Waals surface area contributed by atoms with Gasteiger partial charge in [-0.15, -0.1) is 0 Å². The highest BCUT2D eigenvalue weighted by molar-refractivity contribution is 5.76. The third-order valence-corrected chi connectivity index (χ3v) is 3.29. The first-order valence-corrected chi connectivity index (χ1v) is 5.85. The van der Waals surface area contributed by atoms with Crippen molar-refractivity contribution in [3.8, 4) is 0 Å². The Morgan fingerprint density at radius 1 is 1.38 bits per heavy atom. The predicted molar refractivity (Wildman–Crippen MR) is 64.4 cm³/mol. The molecule has 1 aliphatic heterocycles. The zero-order valence-electron chi connectivity index (χ0n) is 9.79. The van der Waals surface area contributed by atoms with Crippen molar-refractivity contribution in [1.82, 2.24) is 10.6 Å². The number of hydrogen-bond donors (Lipinski definition) is 2. The van der Waals surface area contributed by atoms with Gasteiger partial charge in [0.2, 0.25) is 0 Å². The Labute approximate surface area is 96.2 Å². The number of amides is 2. The van der Waals surface area contributed by atoms with E-state index < -0.39 is 0 Å². The summed E-state index contributed by atoms with van der Waals surface area (Å²) in [5.41, 5.74) is 2.54. The van der Waals surface area contributed by atoms with Crippen molar-refractivity contribution in [1.29, 1.82) is 0 Å². The second-order valence-electron chi connectivity index (χ2n) is 4.38. The molecular formula is C13H18N2O. The van der Waals surface area contributed by atoms with Crippen LogP contribution in [0.2, 0.25) is 0 Å². The standard InChI is InChI=1S/C13H18N2O/c1-3-9(2)10-4-6-11(7-5-10)12-8-14-13(16)15-12/h4-7,9,12H,3,8H2,1-2H3,(H2,14,15,16). The van der Waals surface area contributed by atoms with Gasteiger partial charge >= 0.3 is 6.03 Å². The molecule has 1 aromatic rings. The number of nitrogens with one attached hydrogen (secondary N) is 2. The lowest BCUT2D eigenvalue weighted by Crippen LogP contribution is -2.21. The van der Waals surface area contributed by atoms with Gasteiger partial charge in [-0.3, -0.25) is 0 Å². The van der Waals surface area contributed by atoms with E-state index in [2.05, 4.69) is 48.7 Å². The molecule has 1 aromatic carbocycles. The van der Waals surface area contributed by atoms with Crippen LogP contribution in [-0.2, 0) is 0 Å². The van der Waals surface area contributed by atoms with Crippen LogP contribution < -0.4 is 10.6 Å². The molecule has 3 nitrogen and oxygen atoms in total. The monoisotopic (exact) mass is 218 g/mol. The minimum absolute atomic E-state index is 0.0731. The molecule has 0 spiro atoms. The fourth-order valence-electron chi connectivity index (χ4n) is 1.95. The SMILES string of the molecule is CCC(C)c1ccc(C2CNC(=O)N2)cc1. The van der Waals surface area contributed by atoms with Crippen molar-refractivity contribution in [2.24, 2.45) is 0 Å². The first-order valence-electron chi connectivity index (χ1n) is 5.85. The van der Waals surface area contributed by atoms with E-state index >= 15 is 0 Å². The summed E-state index contributed by atoms with van der Waals surface area (Å²) >= 11 is 0. The van der Waals surface area contributed by atoms with Gasteiger partial charge < -0.3 is 10.6 Å². The Morgan fingerprint density at radius 2 is 2.06 bits per heavy atom. The topological polar surface area (TPSA) is 41.1 Å². The molecule has 1 saturated heterocycles. The molecular weight excluding hydrogens is 200 g/mol. The second-order valence-corrected chi connectivity index (χ2v) is 4.38. The van der Waals surface area contributed by atoms with Gasteiger partial charge in [-0.05, 0) is 23.5 Å². The Balaban J connectivity index is 2.10. The van der Waals surface area contributed by atoms with E-state index in [0.29, 0.717) is 12.5 Å². The molecule has 0 bridgehead atoms. The van der Waals surface area contributed by atoms with Gasteiger partial charge in [-0.2, -0.15) is 0 Å². The molecule has 2 N–H and O–H groups in total. The molecule has 0 aliphatic carbocycles. The number of rotatable bonds is 3. The van der Waals surface area contributed by atoms with E-state index in [9.17, 15) is 4.79 Å². The summed E-state index contributed by atoms with van der Waals surface area (Å²) in [6.45, 7) is 5.11. The second kappa shape index (κ2) is 4.56. The normalized spacial score (nSPS) is 21.4.